The molecule has 2 aromatic rings. The number of amides is 1. The van der Waals surface area contributed by atoms with Gasteiger partial charge in [0.25, 0.3) is 0 Å². The highest BCUT2D eigenvalue weighted by Crippen LogP contribution is 2.22. The molecule has 0 saturated carbocycles. The molecule has 4 rings (SSSR count). The van der Waals surface area contributed by atoms with E-state index in [1.54, 1.807) is 12.3 Å². The van der Waals surface area contributed by atoms with Crippen LogP contribution in [0.2, 0.25) is 0 Å². The monoisotopic (exact) mass is 439 g/mol. The summed E-state index contributed by atoms with van der Waals surface area (Å²) >= 11 is 0. The number of ether oxygens (including phenoxy) is 2. The zero-order valence-electron chi connectivity index (χ0n) is 18.9. The fraction of sp³-hybridized carbons (Fsp3) is 0.520. The van der Waals surface area contributed by atoms with Gasteiger partial charge in [-0.2, -0.15) is 0 Å². The van der Waals surface area contributed by atoms with Gasteiger partial charge in [0, 0.05) is 24.8 Å². The molecule has 0 unspecified atom stereocenters. The summed E-state index contributed by atoms with van der Waals surface area (Å²) in [5.74, 6) is 0.290. The van der Waals surface area contributed by atoms with Crippen LogP contribution in [0.3, 0.4) is 0 Å². The summed E-state index contributed by atoms with van der Waals surface area (Å²) in [5, 5.41) is 0. The number of hydrogen-bond donors (Lipinski definition) is 0. The van der Waals surface area contributed by atoms with Crippen molar-refractivity contribution in [2.24, 2.45) is 0 Å². The van der Waals surface area contributed by atoms with E-state index >= 15 is 0 Å². The van der Waals surface area contributed by atoms with Crippen molar-refractivity contribution in [1.29, 1.82) is 0 Å². The molecule has 172 valence electrons. The van der Waals surface area contributed by atoms with Gasteiger partial charge in [0.2, 0.25) is 11.3 Å². The van der Waals surface area contributed by atoms with Gasteiger partial charge in [-0.3, -0.25) is 14.5 Å². The van der Waals surface area contributed by atoms with Gasteiger partial charge in [0.1, 0.15) is 12.6 Å². The standard InChI is InChI=1S/C25H33N3O4/c1-31-24-18-28(21(15-22(24)29)16-26-11-7-2-3-8-12-26)19-25(30)27-13-14-32-23(17-27)20-9-5-4-6-10-20/h4-6,9-10,15,18,23H,2-3,7-8,11-14,16-17,19H2,1H3/t23-/m1/s1. The van der Waals surface area contributed by atoms with Crippen LogP contribution < -0.4 is 10.2 Å². The summed E-state index contributed by atoms with van der Waals surface area (Å²) < 4.78 is 13.1. The number of nitrogens with zero attached hydrogens (tertiary/aromatic N) is 3. The van der Waals surface area contributed by atoms with Crippen molar-refractivity contribution < 1.29 is 14.3 Å². The molecule has 2 aliphatic heterocycles. The number of likely N-dealkylation sites (tertiary alicyclic amines) is 1. The van der Waals surface area contributed by atoms with Crippen molar-refractivity contribution in [3.05, 3.63) is 64.1 Å². The van der Waals surface area contributed by atoms with Gasteiger partial charge < -0.3 is 18.9 Å². The van der Waals surface area contributed by atoms with E-state index in [-0.39, 0.29) is 29.7 Å². The predicted octanol–water partition coefficient (Wildman–Crippen LogP) is 2.83. The molecule has 0 bridgehead atoms. The molecule has 0 N–H and O–H groups in total. The third kappa shape index (κ3) is 5.58. The fourth-order valence-electron chi connectivity index (χ4n) is 4.54. The molecule has 1 amide bonds. The molecule has 0 radical (unpaired) electrons. The van der Waals surface area contributed by atoms with Crippen LogP contribution in [-0.4, -0.2) is 60.2 Å². The van der Waals surface area contributed by atoms with Crippen LogP contribution in [-0.2, 0) is 22.6 Å². The normalized spacial score (nSPS) is 20.0. The minimum absolute atomic E-state index is 0.0250. The lowest BCUT2D eigenvalue weighted by Crippen LogP contribution is -2.44. The molecule has 1 atom stereocenters. The first kappa shape index (κ1) is 22.6. The van der Waals surface area contributed by atoms with Crippen LogP contribution in [0.15, 0.2) is 47.4 Å². The van der Waals surface area contributed by atoms with Crippen molar-refractivity contribution >= 4 is 5.91 Å². The molecule has 7 nitrogen and oxygen atoms in total. The highest BCUT2D eigenvalue weighted by molar-refractivity contribution is 5.76. The van der Waals surface area contributed by atoms with Crippen LogP contribution in [0.1, 0.15) is 43.0 Å². The van der Waals surface area contributed by atoms with Gasteiger partial charge in [0.05, 0.1) is 26.5 Å². The molecule has 2 aliphatic rings. The number of rotatable bonds is 6. The summed E-state index contributed by atoms with van der Waals surface area (Å²) in [6, 6.07) is 11.6. The number of hydrogen-bond acceptors (Lipinski definition) is 5. The number of benzene rings is 1. The van der Waals surface area contributed by atoms with Crippen LogP contribution >= 0.6 is 0 Å². The summed E-state index contributed by atoms with van der Waals surface area (Å²) in [6.07, 6.45) is 6.42. The second-order valence-electron chi connectivity index (χ2n) is 8.63. The first-order chi connectivity index (χ1) is 15.6. The molecule has 3 heterocycles. The van der Waals surface area contributed by atoms with Gasteiger partial charge in [0.15, 0.2) is 5.75 Å². The maximum atomic E-state index is 13.2. The number of aromatic nitrogens is 1. The molecule has 0 aliphatic carbocycles. The summed E-state index contributed by atoms with van der Waals surface area (Å²) in [5.41, 5.74) is 1.80. The van der Waals surface area contributed by atoms with Crippen molar-refractivity contribution in [3.63, 3.8) is 0 Å². The predicted molar refractivity (Wildman–Crippen MR) is 123 cm³/mol. The number of morpholine rings is 1. The van der Waals surface area contributed by atoms with Crippen molar-refractivity contribution in [1.82, 2.24) is 14.4 Å². The first-order valence-electron chi connectivity index (χ1n) is 11.6. The van der Waals surface area contributed by atoms with Gasteiger partial charge in [-0.1, -0.05) is 43.2 Å². The average Bonchev–Trinajstić information content (AvgIpc) is 3.10. The number of pyridine rings is 1. The Labute approximate surface area is 189 Å². The maximum absolute atomic E-state index is 13.2. The summed E-state index contributed by atoms with van der Waals surface area (Å²) in [7, 11) is 1.49. The van der Waals surface area contributed by atoms with Gasteiger partial charge in [-0.25, -0.2) is 0 Å². The van der Waals surface area contributed by atoms with Crippen molar-refractivity contribution in [3.8, 4) is 5.75 Å². The van der Waals surface area contributed by atoms with E-state index in [2.05, 4.69) is 4.90 Å². The number of methoxy groups -OCH3 is 1. The Hall–Kier alpha value is -2.64. The van der Waals surface area contributed by atoms with Crippen molar-refractivity contribution in [2.45, 2.75) is 44.9 Å². The lowest BCUT2D eigenvalue weighted by atomic mass is 10.1. The van der Waals surface area contributed by atoms with Crippen LogP contribution in [0.4, 0.5) is 0 Å². The van der Waals surface area contributed by atoms with Gasteiger partial charge in [-0.15, -0.1) is 0 Å². The second-order valence-corrected chi connectivity index (χ2v) is 8.63. The Kier molecular flexibility index (Phi) is 7.60. The fourth-order valence-corrected chi connectivity index (χ4v) is 4.54. The molecule has 7 heteroatoms. The summed E-state index contributed by atoms with van der Waals surface area (Å²) in [6.45, 7) is 4.51. The van der Waals surface area contributed by atoms with E-state index in [0.29, 0.717) is 26.2 Å². The highest BCUT2D eigenvalue weighted by atomic mass is 16.5. The average molecular weight is 440 g/mol. The summed E-state index contributed by atoms with van der Waals surface area (Å²) in [4.78, 5) is 29.9. The molecule has 2 fully saturated rings. The lowest BCUT2D eigenvalue weighted by molar-refractivity contribution is -0.139. The molecule has 1 aromatic carbocycles. The largest absolute Gasteiger partial charge is 0.491 e. The Morgan fingerprint density at radius 2 is 1.84 bits per heavy atom. The van der Waals surface area contributed by atoms with Crippen LogP contribution in [0.5, 0.6) is 5.75 Å². The number of carbonyl (C=O) groups excluding carboxylic acids is 1. The quantitative estimate of drug-likeness (QED) is 0.693. The highest BCUT2D eigenvalue weighted by Gasteiger charge is 2.26. The topological polar surface area (TPSA) is 64.0 Å². The molecule has 2 saturated heterocycles. The number of carbonyl (C=O) groups is 1. The van der Waals surface area contributed by atoms with E-state index in [0.717, 1.165) is 24.3 Å². The first-order valence-corrected chi connectivity index (χ1v) is 11.6. The Balaban J connectivity index is 1.50. The van der Waals surface area contributed by atoms with E-state index in [1.165, 1.54) is 32.8 Å². The Morgan fingerprint density at radius 1 is 1.09 bits per heavy atom. The maximum Gasteiger partial charge on any atom is 0.242 e. The zero-order chi connectivity index (χ0) is 22.3. The molecular formula is C25H33N3O4. The minimum Gasteiger partial charge on any atom is -0.491 e. The smallest absolute Gasteiger partial charge is 0.242 e. The van der Waals surface area contributed by atoms with Crippen molar-refractivity contribution in [2.75, 3.05) is 39.9 Å². The Bertz CT molecular complexity index is 951. The SMILES string of the molecule is COc1cn(CC(=O)N2CCO[C@@H](c3ccccc3)C2)c(CN2CCCCCC2)cc1=O. The van der Waals surface area contributed by atoms with Crippen LogP contribution in [0.25, 0.3) is 0 Å². The minimum atomic E-state index is -0.142. The lowest BCUT2D eigenvalue weighted by Gasteiger charge is -2.33. The van der Waals surface area contributed by atoms with Crippen LogP contribution in [0, 0.1) is 0 Å². The Morgan fingerprint density at radius 3 is 2.56 bits per heavy atom. The zero-order valence-corrected chi connectivity index (χ0v) is 18.9. The third-order valence-electron chi connectivity index (χ3n) is 6.38. The van der Waals surface area contributed by atoms with Gasteiger partial charge in [-0.05, 0) is 31.5 Å². The van der Waals surface area contributed by atoms with Gasteiger partial charge >= 0.3 is 0 Å². The van der Waals surface area contributed by atoms with E-state index in [4.69, 9.17) is 9.47 Å². The van der Waals surface area contributed by atoms with E-state index < -0.39 is 0 Å². The molecule has 32 heavy (non-hydrogen) atoms. The van der Waals surface area contributed by atoms with E-state index in [9.17, 15) is 9.59 Å². The third-order valence-corrected chi connectivity index (χ3v) is 6.38. The molecule has 1 aromatic heterocycles. The second kappa shape index (κ2) is 10.8. The molecular weight excluding hydrogens is 406 g/mol. The van der Waals surface area contributed by atoms with E-state index in [1.807, 2.05) is 39.8 Å². The molecule has 0 spiro atoms.